The molecule has 0 bridgehead atoms. The number of amides is 1. The Labute approximate surface area is 167 Å². The Balaban J connectivity index is 1.27. The monoisotopic (exact) mass is 413 g/mol. The van der Waals surface area contributed by atoms with E-state index >= 15 is 0 Å². The lowest BCUT2D eigenvalue weighted by molar-refractivity contribution is -0.135. The number of hydrogen-bond donors (Lipinski definition) is 0. The fourth-order valence-corrected chi connectivity index (χ4v) is 6.66. The van der Waals surface area contributed by atoms with Gasteiger partial charge in [-0.15, -0.1) is 34.0 Å². The summed E-state index contributed by atoms with van der Waals surface area (Å²) < 4.78 is 8.72. The van der Waals surface area contributed by atoms with E-state index in [4.69, 9.17) is 4.74 Å². The van der Waals surface area contributed by atoms with Crippen LogP contribution < -0.4 is 0 Å². The summed E-state index contributed by atoms with van der Waals surface area (Å²) >= 11 is 4.84. The maximum atomic E-state index is 12.4. The summed E-state index contributed by atoms with van der Waals surface area (Å²) in [5.41, 5.74) is 1.20. The second kappa shape index (κ2) is 6.74. The van der Waals surface area contributed by atoms with Crippen LogP contribution >= 0.6 is 34.0 Å². The largest absolute Gasteiger partial charge is 0.451 e. The molecule has 0 radical (unpaired) electrons. The van der Waals surface area contributed by atoms with Gasteiger partial charge in [0.1, 0.15) is 4.88 Å². The maximum absolute atomic E-state index is 12.4. The van der Waals surface area contributed by atoms with E-state index in [1.54, 1.807) is 27.6 Å². The molecule has 0 aliphatic carbocycles. The fraction of sp³-hybridized carbons (Fsp3) is 0.200. The van der Waals surface area contributed by atoms with Crippen molar-refractivity contribution in [1.82, 2.24) is 4.90 Å². The molecule has 0 fully saturated rings. The van der Waals surface area contributed by atoms with Crippen molar-refractivity contribution in [3.05, 3.63) is 57.1 Å². The van der Waals surface area contributed by atoms with Crippen LogP contribution in [-0.2, 0) is 22.5 Å². The Kier molecular flexibility index (Phi) is 4.22. The second-order valence-electron chi connectivity index (χ2n) is 6.41. The molecule has 1 aliphatic rings. The molecule has 1 aliphatic heterocycles. The van der Waals surface area contributed by atoms with Crippen molar-refractivity contribution in [2.24, 2.45) is 0 Å². The van der Waals surface area contributed by atoms with Gasteiger partial charge in [0.15, 0.2) is 6.61 Å². The van der Waals surface area contributed by atoms with E-state index in [0.29, 0.717) is 18.0 Å². The molecule has 1 amide bonds. The van der Waals surface area contributed by atoms with Gasteiger partial charge >= 0.3 is 5.97 Å². The van der Waals surface area contributed by atoms with Crippen LogP contribution in [-0.4, -0.2) is 29.9 Å². The van der Waals surface area contributed by atoms with Crippen molar-refractivity contribution in [3.63, 3.8) is 0 Å². The van der Waals surface area contributed by atoms with Crippen molar-refractivity contribution >= 4 is 65.4 Å². The molecule has 0 atom stereocenters. The van der Waals surface area contributed by atoms with Crippen LogP contribution in [0.5, 0.6) is 0 Å². The summed E-state index contributed by atoms with van der Waals surface area (Å²) in [4.78, 5) is 28.5. The van der Waals surface area contributed by atoms with Crippen LogP contribution in [0.15, 0.2) is 41.8 Å². The normalized spacial score (nSPS) is 13.9. The van der Waals surface area contributed by atoms with Crippen molar-refractivity contribution in [2.45, 2.75) is 13.0 Å². The highest BCUT2D eigenvalue weighted by atomic mass is 32.1. The van der Waals surface area contributed by atoms with E-state index in [1.807, 2.05) is 18.2 Å². The van der Waals surface area contributed by atoms with E-state index in [1.165, 1.54) is 26.5 Å². The van der Waals surface area contributed by atoms with Crippen LogP contribution in [0.4, 0.5) is 0 Å². The highest BCUT2D eigenvalue weighted by Crippen LogP contribution is 2.39. The third kappa shape index (κ3) is 3.05. The van der Waals surface area contributed by atoms with Crippen molar-refractivity contribution in [1.29, 1.82) is 0 Å². The molecule has 0 saturated heterocycles. The Morgan fingerprint density at radius 2 is 2.00 bits per heavy atom. The van der Waals surface area contributed by atoms with Gasteiger partial charge < -0.3 is 9.64 Å². The molecule has 0 spiro atoms. The maximum Gasteiger partial charge on any atom is 0.348 e. The van der Waals surface area contributed by atoms with Gasteiger partial charge in [-0.05, 0) is 35.6 Å². The van der Waals surface area contributed by atoms with Gasteiger partial charge in [-0.2, -0.15) is 0 Å². The summed E-state index contributed by atoms with van der Waals surface area (Å²) in [6.45, 7) is 1.09. The first-order valence-corrected chi connectivity index (χ1v) is 11.1. The molecule has 3 aromatic heterocycles. The molecule has 5 rings (SSSR count). The number of hydrogen-bond acceptors (Lipinski definition) is 6. The zero-order valence-electron chi connectivity index (χ0n) is 14.3. The first-order valence-electron chi connectivity index (χ1n) is 8.60. The second-order valence-corrected chi connectivity index (χ2v) is 9.55. The topological polar surface area (TPSA) is 46.6 Å². The molecule has 0 N–H and O–H groups in total. The number of benzene rings is 1. The van der Waals surface area contributed by atoms with Crippen molar-refractivity contribution < 1.29 is 14.3 Å². The molecule has 4 nitrogen and oxygen atoms in total. The summed E-state index contributed by atoms with van der Waals surface area (Å²) in [6.07, 6.45) is 0.876. The minimum Gasteiger partial charge on any atom is -0.451 e. The summed E-state index contributed by atoms with van der Waals surface area (Å²) in [7, 11) is 0. The zero-order valence-corrected chi connectivity index (χ0v) is 16.7. The first kappa shape index (κ1) is 16.9. The number of carbonyl (C=O) groups is 2. The number of thiophene rings is 3. The molecular formula is C20H15NO3S3. The number of fused-ring (bicyclic) bond motifs is 4. The predicted octanol–water partition coefficient (Wildman–Crippen LogP) is 4.92. The SMILES string of the molecule is O=C(OCC(=O)N1CCc2sccc2C1)c1cc2sc3ccccc3c2s1. The highest BCUT2D eigenvalue weighted by molar-refractivity contribution is 7.33. The fourth-order valence-electron chi connectivity index (χ4n) is 3.35. The van der Waals surface area contributed by atoms with Gasteiger partial charge in [-0.3, -0.25) is 4.79 Å². The van der Waals surface area contributed by atoms with Gasteiger partial charge in [-0.25, -0.2) is 4.79 Å². The lowest BCUT2D eigenvalue weighted by atomic mass is 10.1. The van der Waals surface area contributed by atoms with E-state index in [-0.39, 0.29) is 12.5 Å². The van der Waals surface area contributed by atoms with Crippen LogP contribution in [0.25, 0.3) is 19.5 Å². The molecule has 4 heterocycles. The molecule has 4 aromatic rings. The van der Waals surface area contributed by atoms with E-state index < -0.39 is 5.97 Å². The Morgan fingerprint density at radius 3 is 2.93 bits per heavy atom. The van der Waals surface area contributed by atoms with Crippen LogP contribution in [0.2, 0.25) is 0 Å². The quantitative estimate of drug-likeness (QED) is 0.448. The van der Waals surface area contributed by atoms with Gasteiger partial charge in [0.25, 0.3) is 5.91 Å². The molecule has 0 unspecified atom stereocenters. The van der Waals surface area contributed by atoms with Gasteiger partial charge in [0, 0.05) is 32.8 Å². The minimum atomic E-state index is -0.422. The van der Waals surface area contributed by atoms with Gasteiger partial charge in [-0.1, -0.05) is 18.2 Å². The summed E-state index contributed by atoms with van der Waals surface area (Å²) in [6, 6.07) is 12.1. The number of carbonyl (C=O) groups excluding carboxylic acids is 2. The molecular weight excluding hydrogens is 398 g/mol. The molecule has 27 heavy (non-hydrogen) atoms. The van der Waals surface area contributed by atoms with Gasteiger partial charge in [0.2, 0.25) is 0 Å². The number of ether oxygens (including phenoxy) is 1. The van der Waals surface area contributed by atoms with E-state index in [0.717, 1.165) is 21.2 Å². The standard InChI is InChI=1S/C20H15NO3S3/c22-18(21-7-5-14-12(10-21)6-8-25-14)11-24-20(23)17-9-16-19(27-17)13-3-1-2-4-15(13)26-16/h1-4,6,8-9H,5,7,10-11H2. The number of rotatable bonds is 3. The predicted molar refractivity (Wildman–Crippen MR) is 111 cm³/mol. The Morgan fingerprint density at radius 1 is 1.11 bits per heavy atom. The summed E-state index contributed by atoms with van der Waals surface area (Å²) in [5.74, 6) is -0.557. The third-order valence-electron chi connectivity index (χ3n) is 4.74. The van der Waals surface area contributed by atoms with Gasteiger partial charge in [0.05, 0.1) is 4.70 Å². The Hall–Kier alpha value is -2.22. The van der Waals surface area contributed by atoms with Crippen LogP contribution in [0.3, 0.4) is 0 Å². The third-order valence-corrected chi connectivity index (χ3v) is 8.16. The molecule has 0 saturated carbocycles. The Bertz CT molecular complexity index is 1170. The van der Waals surface area contributed by atoms with Crippen molar-refractivity contribution in [3.8, 4) is 0 Å². The number of esters is 1. The molecule has 7 heteroatoms. The van der Waals surface area contributed by atoms with E-state index in [2.05, 4.69) is 23.6 Å². The molecule has 1 aromatic carbocycles. The summed E-state index contributed by atoms with van der Waals surface area (Å²) in [5, 5.41) is 3.22. The van der Waals surface area contributed by atoms with Crippen LogP contribution in [0.1, 0.15) is 20.1 Å². The minimum absolute atomic E-state index is 0.135. The average Bonchev–Trinajstić information content (AvgIpc) is 3.38. The average molecular weight is 414 g/mol. The smallest absolute Gasteiger partial charge is 0.348 e. The lowest BCUT2D eigenvalue weighted by Crippen LogP contribution is -2.38. The lowest BCUT2D eigenvalue weighted by Gasteiger charge is -2.26. The van der Waals surface area contributed by atoms with Crippen LogP contribution in [0, 0.1) is 0 Å². The van der Waals surface area contributed by atoms with E-state index in [9.17, 15) is 9.59 Å². The van der Waals surface area contributed by atoms with Crippen molar-refractivity contribution in [2.75, 3.05) is 13.2 Å². The molecule has 136 valence electrons. The zero-order chi connectivity index (χ0) is 18.4. The first-order chi connectivity index (χ1) is 13.2. The number of nitrogens with zero attached hydrogens (tertiary/aromatic N) is 1. The highest BCUT2D eigenvalue weighted by Gasteiger charge is 2.23.